The third-order valence-electron chi connectivity index (χ3n) is 3.54. The topological polar surface area (TPSA) is 54.0 Å². The Labute approximate surface area is 131 Å². The largest absolute Gasteiger partial charge is 0.429 e. The van der Waals surface area contributed by atoms with Gasteiger partial charge in [0.15, 0.2) is 11.9 Å². The predicted octanol–water partition coefficient (Wildman–Crippen LogP) is 2.75. The lowest BCUT2D eigenvalue weighted by atomic mass is 10.1. The maximum Gasteiger partial charge on any atom is 0.340 e. The highest BCUT2D eigenvalue weighted by Crippen LogP contribution is 2.41. The molecule has 4 atom stereocenters. The van der Waals surface area contributed by atoms with Crippen LogP contribution in [0, 0.1) is 6.92 Å². The van der Waals surface area contributed by atoms with Crippen molar-refractivity contribution in [2.45, 2.75) is 50.1 Å². The minimum atomic E-state index is -0.784. The van der Waals surface area contributed by atoms with Crippen molar-refractivity contribution in [1.82, 2.24) is 0 Å². The minimum absolute atomic E-state index is 0.297. The molecule has 1 aromatic rings. The highest BCUT2D eigenvalue weighted by Gasteiger charge is 2.56. The van der Waals surface area contributed by atoms with Gasteiger partial charge in [0.1, 0.15) is 11.1 Å². The van der Waals surface area contributed by atoms with E-state index in [1.165, 1.54) is 0 Å². The Balaban J connectivity index is 1.74. The van der Waals surface area contributed by atoms with E-state index in [1.54, 1.807) is 12.1 Å². The highest BCUT2D eigenvalue weighted by molar-refractivity contribution is 9.09. The Hall–Kier alpha value is -0.950. The Kier molecular flexibility index (Phi) is 3.81. The van der Waals surface area contributed by atoms with E-state index in [0.717, 1.165) is 5.56 Å². The molecule has 0 saturated carbocycles. The van der Waals surface area contributed by atoms with E-state index in [-0.39, 0.29) is 11.1 Å². The molecule has 0 aromatic heterocycles. The van der Waals surface area contributed by atoms with Gasteiger partial charge >= 0.3 is 5.97 Å². The first kappa shape index (κ1) is 15.0. The van der Waals surface area contributed by atoms with E-state index < -0.39 is 24.2 Å². The first-order chi connectivity index (χ1) is 9.87. The number of aryl methyl sites for hydroxylation is 1. The maximum atomic E-state index is 12.3. The third-order valence-corrected chi connectivity index (χ3v) is 4.28. The molecule has 2 heterocycles. The lowest BCUT2D eigenvalue weighted by Crippen LogP contribution is -2.33. The van der Waals surface area contributed by atoms with Crippen LogP contribution in [0.5, 0.6) is 0 Å². The number of fused-ring (bicyclic) bond motifs is 1. The van der Waals surface area contributed by atoms with Gasteiger partial charge in [-0.3, -0.25) is 0 Å². The fraction of sp³-hybridized carbons (Fsp3) is 0.533. The van der Waals surface area contributed by atoms with E-state index in [2.05, 4.69) is 15.9 Å². The zero-order chi connectivity index (χ0) is 15.2. The average Bonchev–Trinajstić information content (AvgIpc) is 2.86. The first-order valence-electron chi connectivity index (χ1n) is 6.79. The van der Waals surface area contributed by atoms with Gasteiger partial charge in [-0.15, -0.1) is 0 Å². The minimum Gasteiger partial charge on any atom is -0.429 e. The standard InChI is InChI=1S/C15H17BrO5/c1-8-6-4-5-7-9(8)13(17)19-14-11-10(12(16)18-14)20-15(2,3)21-11/h4-7,10-12,14H,1-3H3/t10-,11-,12?,14+/m1/s1. The average molecular weight is 357 g/mol. The van der Waals surface area contributed by atoms with Gasteiger partial charge in [0.25, 0.3) is 0 Å². The summed E-state index contributed by atoms with van der Waals surface area (Å²) in [4.78, 5) is 12.3. The zero-order valence-electron chi connectivity index (χ0n) is 12.0. The molecule has 0 bridgehead atoms. The predicted molar refractivity (Wildman–Crippen MR) is 78.0 cm³/mol. The SMILES string of the molecule is Cc1ccccc1C(=O)O[C@@H]1OC(Br)[C@@H]2OC(C)(C)O[C@@H]12. The number of benzene rings is 1. The quantitative estimate of drug-likeness (QED) is 0.602. The van der Waals surface area contributed by atoms with Crippen molar-refractivity contribution < 1.29 is 23.7 Å². The Morgan fingerprint density at radius 3 is 2.62 bits per heavy atom. The van der Waals surface area contributed by atoms with Crippen molar-refractivity contribution in [1.29, 1.82) is 0 Å². The van der Waals surface area contributed by atoms with Gasteiger partial charge in [0, 0.05) is 0 Å². The molecule has 2 saturated heterocycles. The fourth-order valence-electron chi connectivity index (χ4n) is 2.58. The summed E-state index contributed by atoms with van der Waals surface area (Å²) in [5, 5.41) is -0.362. The van der Waals surface area contributed by atoms with Crippen molar-refractivity contribution in [2.24, 2.45) is 0 Å². The number of ether oxygens (including phenoxy) is 4. The van der Waals surface area contributed by atoms with Crippen LogP contribution in [-0.2, 0) is 18.9 Å². The molecule has 1 aromatic carbocycles. The molecule has 2 fully saturated rings. The Bertz CT molecular complexity index is 559. The molecule has 3 rings (SSSR count). The summed E-state index contributed by atoms with van der Waals surface area (Å²) in [6, 6.07) is 7.26. The number of hydrogen-bond donors (Lipinski definition) is 0. The third kappa shape index (κ3) is 2.85. The highest BCUT2D eigenvalue weighted by atomic mass is 79.9. The van der Waals surface area contributed by atoms with Crippen molar-refractivity contribution in [3.8, 4) is 0 Å². The maximum absolute atomic E-state index is 12.3. The van der Waals surface area contributed by atoms with Crippen LogP contribution in [-0.4, -0.2) is 35.3 Å². The van der Waals surface area contributed by atoms with Crippen molar-refractivity contribution >= 4 is 21.9 Å². The summed E-state index contributed by atoms with van der Waals surface area (Å²) >= 11 is 3.38. The summed E-state index contributed by atoms with van der Waals surface area (Å²) in [6.07, 6.45) is -1.51. The number of esters is 1. The summed E-state index contributed by atoms with van der Waals surface area (Å²) in [7, 11) is 0. The molecular formula is C15H17BrO5. The van der Waals surface area contributed by atoms with Crippen LogP contribution in [0.4, 0.5) is 0 Å². The van der Waals surface area contributed by atoms with Crippen molar-refractivity contribution in [2.75, 3.05) is 0 Å². The monoisotopic (exact) mass is 356 g/mol. The number of alkyl halides is 1. The van der Waals surface area contributed by atoms with Gasteiger partial charge in [-0.25, -0.2) is 4.79 Å². The van der Waals surface area contributed by atoms with Crippen LogP contribution >= 0.6 is 15.9 Å². The lowest BCUT2D eigenvalue weighted by molar-refractivity contribution is -0.209. The van der Waals surface area contributed by atoms with Crippen LogP contribution in [0.15, 0.2) is 24.3 Å². The molecular weight excluding hydrogens is 340 g/mol. The molecule has 6 heteroatoms. The summed E-state index contributed by atoms with van der Waals surface area (Å²) < 4.78 is 22.5. The number of carbonyl (C=O) groups excluding carboxylic acids is 1. The molecule has 21 heavy (non-hydrogen) atoms. The van der Waals surface area contributed by atoms with Crippen LogP contribution in [0.2, 0.25) is 0 Å². The number of rotatable bonds is 2. The second-order valence-corrected chi connectivity index (χ2v) is 6.54. The zero-order valence-corrected chi connectivity index (χ0v) is 13.6. The number of halogens is 1. The first-order valence-corrected chi connectivity index (χ1v) is 7.71. The smallest absolute Gasteiger partial charge is 0.340 e. The van der Waals surface area contributed by atoms with Crippen LogP contribution < -0.4 is 0 Å². The number of carbonyl (C=O) groups is 1. The van der Waals surface area contributed by atoms with Gasteiger partial charge in [-0.05, 0) is 32.4 Å². The second-order valence-electron chi connectivity index (χ2n) is 5.64. The molecule has 5 nitrogen and oxygen atoms in total. The summed E-state index contributed by atoms with van der Waals surface area (Å²) in [6.45, 7) is 5.51. The van der Waals surface area contributed by atoms with E-state index in [0.29, 0.717) is 5.56 Å². The van der Waals surface area contributed by atoms with E-state index in [9.17, 15) is 4.79 Å². The van der Waals surface area contributed by atoms with Gasteiger partial charge < -0.3 is 18.9 Å². The van der Waals surface area contributed by atoms with Gasteiger partial charge in [0.2, 0.25) is 6.29 Å². The Morgan fingerprint density at radius 1 is 1.24 bits per heavy atom. The molecule has 0 N–H and O–H groups in total. The molecule has 0 amide bonds. The lowest BCUT2D eigenvalue weighted by Gasteiger charge is -2.22. The molecule has 0 radical (unpaired) electrons. The van der Waals surface area contributed by atoms with Gasteiger partial charge in [-0.2, -0.15) is 0 Å². The molecule has 2 aliphatic heterocycles. The normalized spacial score (nSPS) is 33.7. The van der Waals surface area contributed by atoms with Gasteiger partial charge in [0.05, 0.1) is 5.56 Å². The Morgan fingerprint density at radius 2 is 1.90 bits per heavy atom. The summed E-state index contributed by atoms with van der Waals surface area (Å²) in [5.41, 5.74) is 1.38. The summed E-state index contributed by atoms with van der Waals surface area (Å²) in [5.74, 6) is -1.13. The van der Waals surface area contributed by atoms with E-state index in [4.69, 9.17) is 18.9 Å². The van der Waals surface area contributed by atoms with E-state index in [1.807, 2.05) is 32.9 Å². The molecule has 2 aliphatic rings. The fourth-order valence-corrected chi connectivity index (χ4v) is 3.20. The molecule has 1 unspecified atom stereocenters. The molecule has 114 valence electrons. The number of hydrogen-bond acceptors (Lipinski definition) is 5. The van der Waals surface area contributed by atoms with Crippen molar-refractivity contribution in [3.63, 3.8) is 0 Å². The second kappa shape index (κ2) is 5.35. The van der Waals surface area contributed by atoms with Gasteiger partial charge in [-0.1, -0.05) is 34.1 Å². The molecule has 0 aliphatic carbocycles. The van der Waals surface area contributed by atoms with Crippen LogP contribution in [0.25, 0.3) is 0 Å². The van der Waals surface area contributed by atoms with Crippen molar-refractivity contribution in [3.05, 3.63) is 35.4 Å². The van der Waals surface area contributed by atoms with Crippen LogP contribution in [0.1, 0.15) is 29.8 Å². The van der Waals surface area contributed by atoms with Crippen LogP contribution in [0.3, 0.4) is 0 Å². The molecule has 0 spiro atoms. The van der Waals surface area contributed by atoms with E-state index >= 15 is 0 Å².